The molecule has 0 unspecified atom stereocenters. The molecule has 1 fully saturated rings. The first-order valence-electron chi connectivity index (χ1n) is 9.19. The van der Waals surface area contributed by atoms with Gasteiger partial charge >= 0.3 is 0 Å². The number of methoxy groups -OCH3 is 2. The Labute approximate surface area is 168 Å². The van der Waals surface area contributed by atoms with Gasteiger partial charge in [-0.1, -0.05) is 0 Å². The van der Waals surface area contributed by atoms with E-state index in [0.717, 1.165) is 28.7 Å². The zero-order valence-corrected chi connectivity index (χ0v) is 17.8. The van der Waals surface area contributed by atoms with E-state index in [1.54, 1.807) is 26.0 Å². The normalized spacial score (nSPS) is 16.6. The van der Waals surface area contributed by atoms with Gasteiger partial charge in [0.05, 0.1) is 17.4 Å². The summed E-state index contributed by atoms with van der Waals surface area (Å²) in [4.78, 5) is 38.4. The number of carbonyl (C=O) groups excluding carboxylic acids is 2. The van der Waals surface area contributed by atoms with Crippen LogP contribution in [0.3, 0.4) is 0 Å². The van der Waals surface area contributed by atoms with Gasteiger partial charge in [-0.15, -0.1) is 11.3 Å². The average Bonchev–Trinajstić information content (AvgIpc) is 3.25. The van der Waals surface area contributed by atoms with E-state index < -0.39 is 0 Å². The molecule has 1 atom stereocenters. The van der Waals surface area contributed by atoms with Crippen molar-refractivity contribution in [2.45, 2.75) is 26.9 Å². The van der Waals surface area contributed by atoms with Gasteiger partial charge in [0, 0.05) is 40.7 Å². The Bertz CT molecular complexity index is 898. The first-order chi connectivity index (χ1) is 13.3. The molecule has 2 amide bonds. The Morgan fingerprint density at radius 3 is 2.68 bits per heavy atom. The molecule has 3 heterocycles. The third-order valence-corrected chi connectivity index (χ3v) is 6.25. The lowest BCUT2D eigenvalue weighted by Gasteiger charge is -2.21. The molecule has 0 aromatic carbocycles. The lowest BCUT2D eigenvalue weighted by molar-refractivity contribution is -0.127. The molecule has 2 aromatic rings. The van der Waals surface area contributed by atoms with E-state index in [1.807, 2.05) is 18.9 Å². The van der Waals surface area contributed by atoms with Crippen LogP contribution in [0.25, 0.3) is 10.2 Å². The van der Waals surface area contributed by atoms with Crippen LogP contribution < -0.4 is 4.74 Å². The Morgan fingerprint density at radius 2 is 2.07 bits per heavy atom. The van der Waals surface area contributed by atoms with Gasteiger partial charge in [0.1, 0.15) is 11.4 Å². The third-order valence-electron chi connectivity index (χ3n) is 5.07. The fourth-order valence-corrected chi connectivity index (χ4v) is 4.79. The maximum Gasteiger partial charge on any atom is 0.264 e. The molecule has 8 nitrogen and oxygen atoms in total. The molecule has 0 aliphatic carbocycles. The number of hydrogen-bond donors (Lipinski definition) is 0. The van der Waals surface area contributed by atoms with Gasteiger partial charge < -0.3 is 19.3 Å². The summed E-state index contributed by atoms with van der Waals surface area (Å²) in [5.41, 5.74) is 0.828. The molecule has 152 valence electrons. The number of carbonyl (C=O) groups is 2. The van der Waals surface area contributed by atoms with Crippen molar-refractivity contribution in [1.29, 1.82) is 0 Å². The number of aromatic nitrogens is 2. The van der Waals surface area contributed by atoms with Crippen molar-refractivity contribution in [2.75, 3.05) is 40.9 Å². The zero-order valence-electron chi connectivity index (χ0n) is 16.9. The van der Waals surface area contributed by atoms with Crippen LogP contribution in [-0.2, 0) is 16.1 Å². The molecule has 1 saturated heterocycles. The molecule has 1 aliphatic heterocycles. The maximum atomic E-state index is 13.1. The first kappa shape index (κ1) is 20.5. The quantitative estimate of drug-likeness (QED) is 0.730. The first-order valence-corrected chi connectivity index (χ1v) is 10.0. The van der Waals surface area contributed by atoms with E-state index in [2.05, 4.69) is 9.97 Å². The summed E-state index contributed by atoms with van der Waals surface area (Å²) in [6, 6.07) is 0. The van der Waals surface area contributed by atoms with E-state index in [4.69, 9.17) is 9.47 Å². The fourth-order valence-electron chi connectivity index (χ4n) is 3.60. The molecule has 0 radical (unpaired) electrons. The van der Waals surface area contributed by atoms with E-state index in [1.165, 1.54) is 11.3 Å². The highest BCUT2D eigenvalue weighted by atomic mass is 32.1. The summed E-state index contributed by atoms with van der Waals surface area (Å²) in [6.07, 6.45) is 0.919. The highest BCUT2D eigenvalue weighted by molar-refractivity contribution is 7.20. The van der Waals surface area contributed by atoms with Gasteiger partial charge in [-0.3, -0.25) is 9.59 Å². The van der Waals surface area contributed by atoms with Crippen LogP contribution in [0.15, 0.2) is 0 Å². The zero-order chi connectivity index (χ0) is 20.4. The molecule has 2 aromatic heterocycles. The van der Waals surface area contributed by atoms with Crippen molar-refractivity contribution in [1.82, 2.24) is 19.8 Å². The van der Waals surface area contributed by atoms with Crippen LogP contribution in [0.1, 0.15) is 34.4 Å². The molecular weight excluding hydrogens is 380 g/mol. The fraction of sp³-hybridized carbons (Fsp3) is 0.579. The second kappa shape index (κ2) is 8.40. The minimum atomic E-state index is -0.0443. The third kappa shape index (κ3) is 3.95. The van der Waals surface area contributed by atoms with E-state index in [9.17, 15) is 9.59 Å². The number of rotatable bonds is 6. The largest absolute Gasteiger partial charge is 0.480 e. The van der Waals surface area contributed by atoms with Crippen LogP contribution in [0.5, 0.6) is 5.88 Å². The lowest BCUT2D eigenvalue weighted by atomic mass is 10.1. The lowest BCUT2D eigenvalue weighted by Crippen LogP contribution is -2.33. The highest BCUT2D eigenvalue weighted by Crippen LogP contribution is 2.35. The number of aryl methyl sites for hydroxylation is 1. The monoisotopic (exact) mass is 406 g/mol. The molecular formula is C19H26N4O4S. The van der Waals surface area contributed by atoms with Gasteiger partial charge in [0.25, 0.3) is 5.91 Å². The molecule has 0 spiro atoms. The smallest absolute Gasteiger partial charge is 0.264 e. The molecule has 3 rings (SSSR count). The summed E-state index contributed by atoms with van der Waals surface area (Å²) >= 11 is 1.35. The number of hydrogen-bond acceptors (Lipinski definition) is 7. The summed E-state index contributed by atoms with van der Waals surface area (Å²) in [5, 5.41) is 0.771. The van der Waals surface area contributed by atoms with E-state index in [0.29, 0.717) is 35.6 Å². The molecule has 0 saturated carbocycles. The average molecular weight is 407 g/mol. The summed E-state index contributed by atoms with van der Waals surface area (Å²) in [6.45, 7) is 5.85. The number of amides is 2. The van der Waals surface area contributed by atoms with Crippen molar-refractivity contribution < 1.29 is 19.1 Å². The number of fused-ring (bicyclic) bond motifs is 1. The highest BCUT2D eigenvalue weighted by Gasteiger charge is 2.28. The van der Waals surface area contributed by atoms with Gasteiger partial charge in [0.2, 0.25) is 11.8 Å². The van der Waals surface area contributed by atoms with Gasteiger partial charge in [-0.05, 0) is 24.8 Å². The molecule has 0 bridgehead atoms. The predicted molar refractivity (Wildman–Crippen MR) is 107 cm³/mol. The van der Waals surface area contributed by atoms with Crippen molar-refractivity contribution in [2.24, 2.45) is 5.92 Å². The number of thiophene rings is 1. The summed E-state index contributed by atoms with van der Waals surface area (Å²) in [7, 11) is 4.95. The van der Waals surface area contributed by atoms with Gasteiger partial charge in [-0.2, -0.15) is 4.98 Å². The molecule has 9 heteroatoms. The number of nitrogens with zero attached hydrogens (tertiary/aromatic N) is 4. The number of ether oxygens (including phenoxy) is 2. The maximum absolute atomic E-state index is 13.1. The second-order valence-electron chi connectivity index (χ2n) is 7.12. The van der Waals surface area contributed by atoms with Crippen LogP contribution in [-0.4, -0.2) is 72.5 Å². The van der Waals surface area contributed by atoms with Crippen LogP contribution in [0.4, 0.5) is 0 Å². The Morgan fingerprint density at radius 1 is 1.32 bits per heavy atom. The van der Waals surface area contributed by atoms with Crippen LogP contribution >= 0.6 is 11.3 Å². The minimum absolute atomic E-state index is 0.0443. The van der Waals surface area contributed by atoms with Gasteiger partial charge in [0.15, 0.2) is 5.82 Å². The standard InChI is InChI=1S/C19H26N4O4S/c1-11-15-17(27-5)20-14(10-26-4)21-18(15)28-16(11)19(25)22(3)8-13-6-7-23(9-13)12(2)24/h13H,6-10H2,1-5H3/t13-/m0/s1. The SMILES string of the molecule is COCc1nc(OC)c2c(C)c(C(=O)N(C)C[C@@H]3CCN(C(C)=O)C3)sc2n1. The Balaban J connectivity index is 1.83. The van der Waals surface area contributed by atoms with Crippen LogP contribution in [0, 0.1) is 12.8 Å². The molecule has 0 N–H and O–H groups in total. The van der Waals surface area contributed by atoms with Gasteiger partial charge in [-0.25, -0.2) is 4.98 Å². The summed E-state index contributed by atoms with van der Waals surface area (Å²) in [5.74, 6) is 1.33. The predicted octanol–water partition coefficient (Wildman–Crippen LogP) is 2.10. The second-order valence-corrected chi connectivity index (χ2v) is 8.12. The van der Waals surface area contributed by atoms with Crippen LogP contribution in [0.2, 0.25) is 0 Å². The molecule has 1 aliphatic rings. The van der Waals surface area contributed by atoms with Crippen molar-refractivity contribution in [3.63, 3.8) is 0 Å². The van der Waals surface area contributed by atoms with Crippen molar-refractivity contribution in [3.8, 4) is 5.88 Å². The van der Waals surface area contributed by atoms with E-state index >= 15 is 0 Å². The Kier molecular flexibility index (Phi) is 6.14. The van der Waals surface area contributed by atoms with Crippen molar-refractivity contribution >= 4 is 33.4 Å². The minimum Gasteiger partial charge on any atom is -0.480 e. The van der Waals surface area contributed by atoms with Crippen molar-refractivity contribution in [3.05, 3.63) is 16.3 Å². The summed E-state index contributed by atoms with van der Waals surface area (Å²) < 4.78 is 10.5. The number of likely N-dealkylation sites (tertiary alicyclic amines) is 1. The van der Waals surface area contributed by atoms with E-state index in [-0.39, 0.29) is 18.4 Å². The Hall–Kier alpha value is -2.26. The topological polar surface area (TPSA) is 84.9 Å². The molecule has 28 heavy (non-hydrogen) atoms.